The molecule has 0 saturated carbocycles. The molecule has 1 aromatic rings. The van der Waals surface area contributed by atoms with Crippen molar-refractivity contribution in [3.8, 4) is 0 Å². The number of aromatic nitrogens is 1. The van der Waals surface area contributed by atoms with Gasteiger partial charge in [0, 0.05) is 18.3 Å². The average molecular weight is 289 g/mol. The average Bonchev–Trinajstić information content (AvgIpc) is 3.17. The number of rotatable bonds is 5. The Morgan fingerprint density at radius 2 is 2.33 bits per heavy atom. The highest BCUT2D eigenvalue weighted by molar-refractivity contribution is 5.79. The van der Waals surface area contributed by atoms with Gasteiger partial charge in [-0.2, -0.15) is 0 Å². The fourth-order valence-corrected chi connectivity index (χ4v) is 3.34. The number of hydrogen-bond donors (Lipinski definition) is 3. The second-order valence-electron chi connectivity index (χ2n) is 5.77. The smallest absolute Gasteiger partial charge is 0.252 e. The van der Waals surface area contributed by atoms with Crippen molar-refractivity contribution in [1.29, 1.82) is 0 Å². The molecule has 2 aliphatic rings. The molecule has 0 radical (unpaired) electrons. The quantitative estimate of drug-likeness (QED) is 0.698. The molecule has 2 aliphatic heterocycles. The first-order valence-corrected chi connectivity index (χ1v) is 7.76. The Bertz CT molecular complexity index is 460. The molecule has 0 aliphatic carbocycles. The Labute approximate surface area is 125 Å². The van der Waals surface area contributed by atoms with Gasteiger partial charge in [0.2, 0.25) is 0 Å². The molecule has 3 N–H and O–H groups in total. The minimum atomic E-state index is -0.00875. The SMILES string of the molecule is O=C(CN1CCCC1C1CCCN1)NNc1ccccn1. The first kappa shape index (κ1) is 14.3. The summed E-state index contributed by atoms with van der Waals surface area (Å²) in [6.07, 6.45) is 6.55. The van der Waals surface area contributed by atoms with E-state index in [1.54, 1.807) is 6.20 Å². The molecule has 1 aromatic heterocycles. The summed E-state index contributed by atoms with van der Waals surface area (Å²) in [5.41, 5.74) is 5.57. The van der Waals surface area contributed by atoms with Gasteiger partial charge in [0.05, 0.1) is 6.54 Å². The Morgan fingerprint density at radius 3 is 3.10 bits per heavy atom. The number of amides is 1. The van der Waals surface area contributed by atoms with Crippen LogP contribution in [0.15, 0.2) is 24.4 Å². The lowest BCUT2D eigenvalue weighted by Gasteiger charge is -2.28. The maximum absolute atomic E-state index is 12.1. The standard InChI is InChI=1S/C15H23N5O/c21-15(19-18-14-7-1-2-8-17-14)11-20-10-4-6-13(20)12-5-3-9-16-12/h1-2,7-8,12-13,16H,3-6,9-11H2,(H,17,18)(H,19,21). The van der Waals surface area contributed by atoms with Crippen LogP contribution in [0.25, 0.3) is 0 Å². The van der Waals surface area contributed by atoms with Gasteiger partial charge >= 0.3 is 0 Å². The van der Waals surface area contributed by atoms with E-state index in [4.69, 9.17) is 0 Å². The molecule has 3 rings (SSSR count). The van der Waals surface area contributed by atoms with E-state index >= 15 is 0 Å². The molecule has 0 bridgehead atoms. The first-order chi connectivity index (χ1) is 10.3. The number of hydrogen-bond acceptors (Lipinski definition) is 5. The zero-order valence-electron chi connectivity index (χ0n) is 12.2. The number of hydrazine groups is 1. The van der Waals surface area contributed by atoms with Gasteiger partial charge in [0.1, 0.15) is 5.82 Å². The van der Waals surface area contributed by atoms with Crippen LogP contribution >= 0.6 is 0 Å². The largest absolute Gasteiger partial charge is 0.312 e. The molecule has 114 valence electrons. The van der Waals surface area contributed by atoms with Crippen molar-refractivity contribution in [3.05, 3.63) is 24.4 Å². The molecular weight excluding hydrogens is 266 g/mol. The van der Waals surface area contributed by atoms with E-state index in [2.05, 4.69) is 26.1 Å². The summed E-state index contributed by atoms with van der Waals surface area (Å²) in [7, 11) is 0. The van der Waals surface area contributed by atoms with Gasteiger partial charge in [-0.1, -0.05) is 6.07 Å². The number of pyridine rings is 1. The van der Waals surface area contributed by atoms with Crippen LogP contribution in [0.4, 0.5) is 5.82 Å². The van der Waals surface area contributed by atoms with E-state index < -0.39 is 0 Å². The molecule has 3 heterocycles. The Morgan fingerprint density at radius 1 is 1.38 bits per heavy atom. The van der Waals surface area contributed by atoms with Crippen LogP contribution < -0.4 is 16.2 Å². The third-order valence-electron chi connectivity index (χ3n) is 4.32. The highest BCUT2D eigenvalue weighted by Crippen LogP contribution is 2.24. The second-order valence-corrected chi connectivity index (χ2v) is 5.77. The summed E-state index contributed by atoms with van der Waals surface area (Å²) < 4.78 is 0. The maximum atomic E-state index is 12.1. The fourth-order valence-electron chi connectivity index (χ4n) is 3.34. The Balaban J connectivity index is 1.47. The number of nitrogens with zero attached hydrogens (tertiary/aromatic N) is 2. The van der Waals surface area contributed by atoms with Crippen LogP contribution in [0.5, 0.6) is 0 Å². The topological polar surface area (TPSA) is 69.3 Å². The van der Waals surface area contributed by atoms with Gasteiger partial charge in [-0.25, -0.2) is 4.98 Å². The van der Waals surface area contributed by atoms with Gasteiger partial charge in [0.25, 0.3) is 5.91 Å². The van der Waals surface area contributed by atoms with Crippen LogP contribution in [-0.4, -0.2) is 47.5 Å². The highest BCUT2D eigenvalue weighted by Gasteiger charge is 2.33. The zero-order valence-corrected chi connectivity index (χ0v) is 12.2. The highest BCUT2D eigenvalue weighted by atomic mass is 16.2. The van der Waals surface area contributed by atoms with Crippen molar-refractivity contribution in [3.63, 3.8) is 0 Å². The number of nitrogens with one attached hydrogen (secondary N) is 3. The van der Waals surface area contributed by atoms with E-state index in [0.29, 0.717) is 24.4 Å². The molecule has 6 nitrogen and oxygen atoms in total. The number of likely N-dealkylation sites (tertiary alicyclic amines) is 1. The lowest BCUT2D eigenvalue weighted by molar-refractivity contribution is -0.122. The van der Waals surface area contributed by atoms with Crippen molar-refractivity contribution < 1.29 is 4.79 Å². The monoisotopic (exact) mass is 289 g/mol. The van der Waals surface area contributed by atoms with E-state index in [1.807, 2.05) is 18.2 Å². The van der Waals surface area contributed by atoms with Crippen LogP contribution in [-0.2, 0) is 4.79 Å². The lowest BCUT2D eigenvalue weighted by atomic mass is 10.0. The van der Waals surface area contributed by atoms with Crippen molar-refractivity contribution >= 4 is 11.7 Å². The van der Waals surface area contributed by atoms with Crippen LogP contribution in [0.2, 0.25) is 0 Å². The molecule has 0 spiro atoms. The Hall–Kier alpha value is -1.66. The number of carbonyl (C=O) groups is 1. The summed E-state index contributed by atoms with van der Waals surface area (Å²) >= 11 is 0. The molecular formula is C15H23N5O. The molecule has 0 aromatic carbocycles. The second kappa shape index (κ2) is 6.87. The predicted molar refractivity (Wildman–Crippen MR) is 81.6 cm³/mol. The van der Waals surface area contributed by atoms with Gasteiger partial charge in [-0.05, 0) is 50.9 Å². The van der Waals surface area contributed by atoms with E-state index in [1.165, 1.54) is 25.7 Å². The van der Waals surface area contributed by atoms with E-state index in [0.717, 1.165) is 13.1 Å². The van der Waals surface area contributed by atoms with Gasteiger partial charge in [-0.15, -0.1) is 0 Å². The molecule has 6 heteroatoms. The Kier molecular flexibility index (Phi) is 4.67. The summed E-state index contributed by atoms with van der Waals surface area (Å²) in [5, 5.41) is 3.56. The molecule has 21 heavy (non-hydrogen) atoms. The molecule has 2 unspecified atom stereocenters. The lowest BCUT2D eigenvalue weighted by Crippen LogP contribution is -2.48. The van der Waals surface area contributed by atoms with E-state index in [-0.39, 0.29) is 5.91 Å². The minimum Gasteiger partial charge on any atom is -0.312 e. The van der Waals surface area contributed by atoms with Crippen molar-refractivity contribution in [2.45, 2.75) is 37.8 Å². The van der Waals surface area contributed by atoms with Crippen LogP contribution in [0.1, 0.15) is 25.7 Å². The zero-order chi connectivity index (χ0) is 14.5. The van der Waals surface area contributed by atoms with Gasteiger partial charge in [-0.3, -0.25) is 20.5 Å². The summed E-state index contributed by atoms with van der Waals surface area (Å²) in [6.45, 7) is 2.57. The molecule has 2 saturated heterocycles. The third-order valence-corrected chi connectivity index (χ3v) is 4.32. The summed E-state index contributed by atoms with van der Waals surface area (Å²) in [4.78, 5) is 18.5. The van der Waals surface area contributed by atoms with Crippen molar-refractivity contribution in [2.24, 2.45) is 0 Å². The molecule has 1 amide bonds. The predicted octanol–water partition coefficient (Wildman–Crippen LogP) is 0.741. The molecule has 2 fully saturated rings. The first-order valence-electron chi connectivity index (χ1n) is 7.76. The maximum Gasteiger partial charge on any atom is 0.252 e. The van der Waals surface area contributed by atoms with Crippen molar-refractivity contribution in [1.82, 2.24) is 20.6 Å². The normalized spacial score (nSPS) is 25.9. The van der Waals surface area contributed by atoms with Gasteiger partial charge < -0.3 is 5.32 Å². The van der Waals surface area contributed by atoms with Crippen LogP contribution in [0.3, 0.4) is 0 Å². The van der Waals surface area contributed by atoms with Gasteiger partial charge in [0.15, 0.2) is 0 Å². The fraction of sp³-hybridized carbons (Fsp3) is 0.600. The third kappa shape index (κ3) is 3.71. The summed E-state index contributed by atoms with van der Waals surface area (Å²) in [6, 6.07) is 6.61. The molecule has 2 atom stereocenters. The number of carbonyl (C=O) groups excluding carboxylic acids is 1. The van der Waals surface area contributed by atoms with E-state index in [9.17, 15) is 4.79 Å². The minimum absolute atomic E-state index is 0.00875. The summed E-state index contributed by atoms with van der Waals surface area (Å²) in [5.74, 6) is 0.645. The van der Waals surface area contributed by atoms with Crippen LogP contribution in [0, 0.1) is 0 Å². The van der Waals surface area contributed by atoms with Crippen molar-refractivity contribution in [2.75, 3.05) is 25.1 Å². The number of anilines is 1.